The van der Waals surface area contributed by atoms with Crippen molar-refractivity contribution in [2.24, 2.45) is 12.8 Å². The van der Waals surface area contributed by atoms with E-state index in [9.17, 15) is 9.59 Å². The van der Waals surface area contributed by atoms with E-state index < -0.39 is 11.5 Å². The number of likely N-dealkylation sites (tertiary alicyclic amines) is 1. The lowest BCUT2D eigenvalue weighted by Crippen LogP contribution is -2.36. The van der Waals surface area contributed by atoms with Crippen LogP contribution in [0.1, 0.15) is 48.8 Å². The van der Waals surface area contributed by atoms with Gasteiger partial charge < -0.3 is 20.7 Å². The number of carbonyl (C=O) groups excluding carboxylic acids is 2. The number of aromatic nitrogens is 4. The number of nitrogens with zero attached hydrogens (tertiary/aromatic N) is 5. The quantitative estimate of drug-likeness (QED) is 0.780. The van der Waals surface area contributed by atoms with Crippen molar-refractivity contribution in [1.82, 2.24) is 24.6 Å². The van der Waals surface area contributed by atoms with E-state index in [0.29, 0.717) is 31.2 Å². The molecule has 1 fully saturated rings. The number of nitrogens with two attached hydrogens (primary N) is 1. The number of amides is 2. The Morgan fingerprint density at radius 2 is 2.07 bits per heavy atom. The van der Waals surface area contributed by atoms with Crippen molar-refractivity contribution < 1.29 is 14.3 Å². The standard InChI is InChI=1S/C20H27N7O3/c1-20(2,3)30-19(29)27-8-7-12(10-27)23-18-22-9-11-5-6-13-15(17(21)28)25-26(4)16(13)14(11)24-18/h9,12H,5-8,10H2,1-4H3,(H2,21,28)(H,22,23,24). The molecule has 2 aromatic heterocycles. The van der Waals surface area contributed by atoms with E-state index in [0.717, 1.165) is 35.4 Å². The summed E-state index contributed by atoms with van der Waals surface area (Å²) in [5.74, 6) is -0.0460. The van der Waals surface area contributed by atoms with E-state index in [4.69, 9.17) is 15.5 Å². The normalized spacial score (nSPS) is 18.0. The first kappa shape index (κ1) is 20.1. The molecule has 0 saturated carbocycles. The van der Waals surface area contributed by atoms with Crippen LogP contribution in [0.5, 0.6) is 0 Å². The average molecular weight is 413 g/mol. The van der Waals surface area contributed by atoms with Crippen LogP contribution in [0.2, 0.25) is 0 Å². The van der Waals surface area contributed by atoms with Gasteiger partial charge in [-0.25, -0.2) is 14.8 Å². The molecule has 10 heteroatoms. The van der Waals surface area contributed by atoms with Gasteiger partial charge in [-0.15, -0.1) is 0 Å². The minimum absolute atomic E-state index is 0.0337. The highest BCUT2D eigenvalue weighted by atomic mass is 16.6. The summed E-state index contributed by atoms with van der Waals surface area (Å²) in [5.41, 5.74) is 8.67. The molecule has 0 radical (unpaired) electrons. The van der Waals surface area contributed by atoms with Crippen LogP contribution in [-0.4, -0.2) is 61.4 Å². The zero-order valence-corrected chi connectivity index (χ0v) is 17.7. The number of primary amides is 1. The highest BCUT2D eigenvalue weighted by Crippen LogP contribution is 2.34. The van der Waals surface area contributed by atoms with Crippen molar-refractivity contribution in [1.29, 1.82) is 0 Å². The summed E-state index contributed by atoms with van der Waals surface area (Å²) in [6, 6.07) is 0.0337. The second-order valence-corrected chi connectivity index (χ2v) is 8.79. The number of ether oxygens (including phenoxy) is 1. The molecule has 0 bridgehead atoms. The van der Waals surface area contributed by atoms with Gasteiger partial charge in [0, 0.05) is 37.9 Å². The summed E-state index contributed by atoms with van der Waals surface area (Å²) < 4.78 is 7.11. The van der Waals surface area contributed by atoms with Crippen LogP contribution >= 0.6 is 0 Å². The van der Waals surface area contributed by atoms with Gasteiger partial charge in [0.2, 0.25) is 5.95 Å². The summed E-state index contributed by atoms with van der Waals surface area (Å²) in [4.78, 5) is 34.9. The molecule has 1 saturated heterocycles. The van der Waals surface area contributed by atoms with E-state index in [1.54, 1.807) is 16.6 Å². The van der Waals surface area contributed by atoms with Crippen LogP contribution in [0.15, 0.2) is 6.20 Å². The number of carbonyl (C=O) groups is 2. The second-order valence-electron chi connectivity index (χ2n) is 8.79. The molecule has 2 amide bonds. The van der Waals surface area contributed by atoms with Crippen molar-refractivity contribution in [2.75, 3.05) is 18.4 Å². The molecule has 1 atom stereocenters. The Labute approximate surface area is 174 Å². The molecule has 3 heterocycles. The van der Waals surface area contributed by atoms with Gasteiger partial charge in [0.25, 0.3) is 5.91 Å². The molecule has 0 aromatic carbocycles. The zero-order chi connectivity index (χ0) is 21.6. The molecule has 30 heavy (non-hydrogen) atoms. The number of fused-ring (bicyclic) bond motifs is 3. The van der Waals surface area contributed by atoms with E-state index in [-0.39, 0.29) is 12.1 Å². The van der Waals surface area contributed by atoms with E-state index in [1.807, 2.05) is 27.0 Å². The smallest absolute Gasteiger partial charge is 0.410 e. The molecule has 1 aliphatic carbocycles. The number of hydrogen-bond donors (Lipinski definition) is 2. The van der Waals surface area contributed by atoms with Crippen molar-refractivity contribution in [2.45, 2.75) is 51.7 Å². The van der Waals surface area contributed by atoms with Crippen LogP contribution in [0.25, 0.3) is 11.4 Å². The van der Waals surface area contributed by atoms with Gasteiger partial charge in [0.1, 0.15) is 5.60 Å². The van der Waals surface area contributed by atoms with Crippen molar-refractivity contribution >= 4 is 17.9 Å². The number of anilines is 1. The third-order valence-electron chi connectivity index (χ3n) is 5.29. The minimum Gasteiger partial charge on any atom is -0.444 e. The van der Waals surface area contributed by atoms with Crippen LogP contribution in [-0.2, 0) is 24.6 Å². The maximum atomic E-state index is 12.3. The molecule has 3 N–H and O–H groups in total. The lowest BCUT2D eigenvalue weighted by atomic mass is 9.93. The Kier molecular flexibility index (Phi) is 4.87. The molecule has 0 spiro atoms. The Bertz CT molecular complexity index is 1010. The van der Waals surface area contributed by atoms with Crippen LogP contribution in [0.3, 0.4) is 0 Å². The lowest BCUT2D eigenvalue weighted by molar-refractivity contribution is 0.0293. The fraction of sp³-hybridized carbons (Fsp3) is 0.550. The first-order valence-electron chi connectivity index (χ1n) is 10.1. The summed E-state index contributed by atoms with van der Waals surface area (Å²) in [6.07, 6.45) is 3.69. The fourth-order valence-corrected chi connectivity index (χ4v) is 3.98. The van der Waals surface area contributed by atoms with Crippen molar-refractivity contribution in [3.8, 4) is 11.4 Å². The van der Waals surface area contributed by atoms with Crippen molar-refractivity contribution in [3.63, 3.8) is 0 Å². The zero-order valence-electron chi connectivity index (χ0n) is 17.7. The predicted octanol–water partition coefficient (Wildman–Crippen LogP) is 1.50. The third kappa shape index (κ3) is 3.81. The largest absolute Gasteiger partial charge is 0.444 e. The predicted molar refractivity (Wildman–Crippen MR) is 110 cm³/mol. The van der Waals surface area contributed by atoms with Gasteiger partial charge in [-0.05, 0) is 45.6 Å². The molecule has 2 aromatic rings. The highest BCUT2D eigenvalue weighted by Gasteiger charge is 2.31. The lowest BCUT2D eigenvalue weighted by Gasteiger charge is -2.24. The molecular weight excluding hydrogens is 386 g/mol. The maximum Gasteiger partial charge on any atom is 0.410 e. The molecule has 160 valence electrons. The number of hydrogen-bond acceptors (Lipinski definition) is 7. The van der Waals surface area contributed by atoms with Crippen molar-refractivity contribution in [3.05, 3.63) is 23.0 Å². The molecule has 10 nitrogen and oxygen atoms in total. The highest BCUT2D eigenvalue weighted by molar-refractivity contribution is 5.94. The Morgan fingerprint density at radius 3 is 2.77 bits per heavy atom. The molecular formula is C20H27N7O3. The van der Waals surface area contributed by atoms with Crippen LogP contribution < -0.4 is 11.1 Å². The number of rotatable bonds is 3. The molecule has 1 aliphatic heterocycles. The summed E-state index contributed by atoms with van der Waals surface area (Å²) in [6.45, 7) is 6.71. The van der Waals surface area contributed by atoms with Gasteiger partial charge in [0.05, 0.1) is 11.4 Å². The molecule has 2 aliphatic rings. The Morgan fingerprint density at radius 1 is 1.30 bits per heavy atom. The molecule has 1 unspecified atom stereocenters. The maximum absolute atomic E-state index is 12.3. The van der Waals surface area contributed by atoms with Gasteiger partial charge in [0.15, 0.2) is 5.69 Å². The topological polar surface area (TPSA) is 128 Å². The van der Waals surface area contributed by atoms with E-state index in [1.165, 1.54) is 0 Å². The van der Waals surface area contributed by atoms with E-state index in [2.05, 4.69) is 15.4 Å². The summed E-state index contributed by atoms with van der Waals surface area (Å²) >= 11 is 0. The third-order valence-corrected chi connectivity index (χ3v) is 5.29. The minimum atomic E-state index is -0.532. The number of aryl methyl sites for hydroxylation is 2. The second kappa shape index (κ2) is 7.26. The Hall–Kier alpha value is -3.17. The summed E-state index contributed by atoms with van der Waals surface area (Å²) in [7, 11) is 1.78. The van der Waals surface area contributed by atoms with Crippen LogP contribution in [0.4, 0.5) is 10.7 Å². The van der Waals surface area contributed by atoms with Gasteiger partial charge in [-0.3, -0.25) is 9.48 Å². The number of nitrogens with one attached hydrogen (secondary N) is 1. The van der Waals surface area contributed by atoms with Gasteiger partial charge in [-0.1, -0.05) is 0 Å². The first-order valence-corrected chi connectivity index (χ1v) is 10.1. The van der Waals surface area contributed by atoms with E-state index >= 15 is 0 Å². The summed E-state index contributed by atoms with van der Waals surface area (Å²) in [5, 5.41) is 7.61. The Balaban J connectivity index is 1.52. The van der Waals surface area contributed by atoms with Gasteiger partial charge >= 0.3 is 6.09 Å². The molecule has 4 rings (SSSR count). The monoisotopic (exact) mass is 413 g/mol. The fourth-order valence-electron chi connectivity index (χ4n) is 3.98. The van der Waals surface area contributed by atoms with Gasteiger partial charge in [-0.2, -0.15) is 5.10 Å². The SMILES string of the molecule is Cn1nc(C(N)=O)c2c1-c1nc(NC3CCN(C(=O)OC(C)(C)C)C3)ncc1CC2. The first-order chi connectivity index (χ1) is 14.1. The average Bonchev–Trinajstić information content (AvgIpc) is 3.25. The van der Waals surface area contributed by atoms with Crippen LogP contribution in [0, 0.1) is 0 Å².